The summed E-state index contributed by atoms with van der Waals surface area (Å²) in [6, 6.07) is 48.2. The summed E-state index contributed by atoms with van der Waals surface area (Å²) in [6.07, 6.45) is 0. The Balaban J connectivity index is 1.31. The zero-order valence-electron chi connectivity index (χ0n) is 23.0. The van der Waals surface area contributed by atoms with Gasteiger partial charge in [0.2, 0.25) is 0 Å². The number of rotatable bonds is 3. The van der Waals surface area contributed by atoms with E-state index in [0.717, 1.165) is 60.2 Å². The number of hydrogen-bond donors (Lipinski definition) is 0. The van der Waals surface area contributed by atoms with Gasteiger partial charge in [-0.1, -0.05) is 109 Å². The molecule has 43 heavy (non-hydrogen) atoms. The Kier molecular flexibility index (Phi) is 5.16. The third kappa shape index (κ3) is 3.96. The second-order valence-electron chi connectivity index (χ2n) is 10.9. The first kappa shape index (κ1) is 23.8. The molecule has 0 amide bonds. The first-order chi connectivity index (χ1) is 21.3. The average molecular weight is 550 g/mol. The van der Waals surface area contributed by atoms with E-state index in [9.17, 15) is 0 Å². The maximum absolute atomic E-state index is 6.19. The SMILES string of the molecule is c1ccc2cc(-c3nc(-c4ccc5ccccc5c4)nc(-c4cccc5cc6oc7ccccc7c6cc45)n3)ccc2c1. The zero-order chi connectivity index (χ0) is 28.3. The molecule has 200 valence electrons. The van der Waals surface area contributed by atoms with Crippen molar-refractivity contribution in [3.63, 3.8) is 0 Å². The Morgan fingerprint density at radius 1 is 0.349 bits per heavy atom. The largest absolute Gasteiger partial charge is 0.456 e. The summed E-state index contributed by atoms with van der Waals surface area (Å²) in [5.41, 5.74) is 4.61. The molecule has 0 saturated heterocycles. The fourth-order valence-corrected chi connectivity index (χ4v) is 6.10. The van der Waals surface area contributed by atoms with E-state index in [1.807, 2.05) is 18.2 Å². The lowest BCUT2D eigenvalue weighted by Crippen LogP contribution is -2.00. The van der Waals surface area contributed by atoms with Crippen molar-refractivity contribution in [3.8, 4) is 34.2 Å². The van der Waals surface area contributed by atoms with E-state index in [0.29, 0.717) is 17.5 Å². The molecule has 2 heterocycles. The molecular formula is C39H23N3O. The Morgan fingerprint density at radius 3 is 1.63 bits per heavy atom. The molecule has 0 atom stereocenters. The lowest BCUT2D eigenvalue weighted by atomic mass is 10.0. The van der Waals surface area contributed by atoms with Crippen LogP contribution in [0.4, 0.5) is 0 Å². The van der Waals surface area contributed by atoms with Crippen molar-refractivity contribution in [1.29, 1.82) is 0 Å². The van der Waals surface area contributed by atoms with Gasteiger partial charge in [-0.15, -0.1) is 0 Å². The highest BCUT2D eigenvalue weighted by atomic mass is 16.3. The lowest BCUT2D eigenvalue weighted by molar-refractivity contribution is 0.669. The third-order valence-corrected chi connectivity index (χ3v) is 8.27. The van der Waals surface area contributed by atoms with Gasteiger partial charge in [0.1, 0.15) is 11.2 Å². The van der Waals surface area contributed by atoms with E-state index < -0.39 is 0 Å². The number of fused-ring (bicyclic) bond motifs is 6. The van der Waals surface area contributed by atoms with Crippen molar-refractivity contribution in [1.82, 2.24) is 15.0 Å². The van der Waals surface area contributed by atoms with Gasteiger partial charge in [-0.25, -0.2) is 15.0 Å². The molecule has 0 bridgehead atoms. The van der Waals surface area contributed by atoms with E-state index in [1.165, 1.54) is 10.8 Å². The van der Waals surface area contributed by atoms with Crippen LogP contribution in [0.25, 0.3) is 88.4 Å². The van der Waals surface area contributed by atoms with Gasteiger partial charge in [0.15, 0.2) is 17.5 Å². The average Bonchev–Trinajstić information content (AvgIpc) is 3.43. The predicted molar refractivity (Wildman–Crippen MR) is 176 cm³/mol. The number of nitrogens with zero attached hydrogens (tertiary/aromatic N) is 3. The maximum atomic E-state index is 6.19. The van der Waals surface area contributed by atoms with Crippen LogP contribution in [0.15, 0.2) is 144 Å². The van der Waals surface area contributed by atoms with Crippen molar-refractivity contribution in [2.75, 3.05) is 0 Å². The quantitative estimate of drug-likeness (QED) is 0.220. The molecule has 7 aromatic carbocycles. The minimum Gasteiger partial charge on any atom is -0.456 e. The number of aromatic nitrogens is 3. The molecule has 0 spiro atoms. The highest BCUT2D eigenvalue weighted by Crippen LogP contribution is 2.36. The summed E-state index contributed by atoms with van der Waals surface area (Å²) >= 11 is 0. The summed E-state index contributed by atoms with van der Waals surface area (Å²) < 4.78 is 6.19. The first-order valence-corrected chi connectivity index (χ1v) is 14.4. The van der Waals surface area contributed by atoms with Crippen LogP contribution in [0.1, 0.15) is 0 Å². The summed E-state index contributed by atoms with van der Waals surface area (Å²) in [5, 5.41) is 8.97. The fourth-order valence-electron chi connectivity index (χ4n) is 6.10. The molecule has 0 fully saturated rings. The Morgan fingerprint density at radius 2 is 0.930 bits per heavy atom. The highest BCUT2D eigenvalue weighted by molar-refractivity contribution is 6.12. The molecule has 2 aromatic heterocycles. The van der Waals surface area contributed by atoms with Crippen molar-refractivity contribution in [2.24, 2.45) is 0 Å². The van der Waals surface area contributed by atoms with E-state index in [-0.39, 0.29) is 0 Å². The van der Waals surface area contributed by atoms with Gasteiger partial charge in [0.05, 0.1) is 0 Å². The number of para-hydroxylation sites is 1. The van der Waals surface area contributed by atoms with Crippen LogP contribution in [0.5, 0.6) is 0 Å². The number of hydrogen-bond acceptors (Lipinski definition) is 4. The molecule has 4 nitrogen and oxygen atoms in total. The van der Waals surface area contributed by atoms with E-state index >= 15 is 0 Å². The minimum absolute atomic E-state index is 0.638. The van der Waals surface area contributed by atoms with Crippen LogP contribution in [-0.2, 0) is 0 Å². The number of furan rings is 1. The fraction of sp³-hybridized carbons (Fsp3) is 0. The molecule has 0 aliphatic rings. The van der Waals surface area contributed by atoms with Gasteiger partial charge in [-0.2, -0.15) is 0 Å². The molecular weight excluding hydrogens is 526 g/mol. The van der Waals surface area contributed by atoms with Crippen molar-refractivity contribution in [3.05, 3.63) is 140 Å². The minimum atomic E-state index is 0.638. The van der Waals surface area contributed by atoms with Crippen LogP contribution in [0, 0.1) is 0 Å². The maximum Gasteiger partial charge on any atom is 0.164 e. The van der Waals surface area contributed by atoms with Crippen LogP contribution < -0.4 is 0 Å². The van der Waals surface area contributed by atoms with Crippen LogP contribution in [0.3, 0.4) is 0 Å². The van der Waals surface area contributed by atoms with Crippen molar-refractivity contribution in [2.45, 2.75) is 0 Å². The molecule has 0 aliphatic heterocycles. The summed E-state index contributed by atoms with van der Waals surface area (Å²) in [5.74, 6) is 1.93. The number of benzene rings is 7. The Bertz CT molecular complexity index is 2430. The van der Waals surface area contributed by atoms with Gasteiger partial charge >= 0.3 is 0 Å². The normalized spacial score (nSPS) is 11.7. The van der Waals surface area contributed by atoms with Crippen molar-refractivity contribution < 1.29 is 4.42 Å². The monoisotopic (exact) mass is 549 g/mol. The molecule has 0 unspecified atom stereocenters. The van der Waals surface area contributed by atoms with Crippen LogP contribution in [-0.4, -0.2) is 15.0 Å². The smallest absolute Gasteiger partial charge is 0.164 e. The van der Waals surface area contributed by atoms with E-state index in [2.05, 4.69) is 121 Å². The summed E-state index contributed by atoms with van der Waals surface area (Å²) in [4.78, 5) is 15.2. The third-order valence-electron chi connectivity index (χ3n) is 8.27. The Hall–Kier alpha value is -5.87. The van der Waals surface area contributed by atoms with Gasteiger partial charge in [0, 0.05) is 27.5 Å². The Labute approximate surface area is 246 Å². The first-order valence-electron chi connectivity index (χ1n) is 14.4. The summed E-state index contributed by atoms with van der Waals surface area (Å²) in [6.45, 7) is 0. The van der Waals surface area contributed by atoms with Crippen LogP contribution >= 0.6 is 0 Å². The van der Waals surface area contributed by atoms with Crippen molar-refractivity contribution >= 4 is 54.3 Å². The molecule has 9 aromatic rings. The molecule has 0 N–H and O–H groups in total. The molecule has 4 heteroatoms. The van der Waals surface area contributed by atoms with Gasteiger partial charge in [0.25, 0.3) is 0 Å². The summed E-state index contributed by atoms with van der Waals surface area (Å²) in [7, 11) is 0. The predicted octanol–water partition coefficient (Wildman–Crippen LogP) is 10.2. The van der Waals surface area contributed by atoms with E-state index in [1.54, 1.807) is 0 Å². The second kappa shape index (κ2) is 9.33. The second-order valence-corrected chi connectivity index (χ2v) is 10.9. The van der Waals surface area contributed by atoms with Gasteiger partial charge in [-0.05, 0) is 62.6 Å². The van der Waals surface area contributed by atoms with E-state index in [4.69, 9.17) is 19.4 Å². The molecule has 0 radical (unpaired) electrons. The zero-order valence-corrected chi connectivity index (χ0v) is 23.0. The van der Waals surface area contributed by atoms with Crippen LogP contribution in [0.2, 0.25) is 0 Å². The standard InChI is InChI=1S/C39H23N3O/c1-3-10-26-20-29(18-16-24(26)8-1)37-40-38(30-19-17-25-9-2-4-11-27(25)21-30)42-39(41-37)32-14-7-12-28-22-36-34(23-33(28)32)31-13-5-6-15-35(31)43-36/h1-23H. The topological polar surface area (TPSA) is 51.8 Å². The molecule has 0 aliphatic carbocycles. The molecule has 9 rings (SSSR count). The van der Waals surface area contributed by atoms with Gasteiger partial charge < -0.3 is 4.42 Å². The lowest BCUT2D eigenvalue weighted by Gasteiger charge is -2.11. The van der Waals surface area contributed by atoms with Gasteiger partial charge in [-0.3, -0.25) is 0 Å². The molecule has 0 saturated carbocycles. The highest BCUT2D eigenvalue weighted by Gasteiger charge is 2.16.